The summed E-state index contributed by atoms with van der Waals surface area (Å²) in [4.78, 5) is 49.4. The summed E-state index contributed by atoms with van der Waals surface area (Å²) in [5, 5.41) is 15.0. The number of imide groups is 1. The summed E-state index contributed by atoms with van der Waals surface area (Å²) in [7, 11) is 0. The number of benzene rings is 3. The maximum absolute atomic E-state index is 13.7. The van der Waals surface area contributed by atoms with Crippen molar-refractivity contribution in [1.29, 1.82) is 5.26 Å². The lowest BCUT2D eigenvalue weighted by Gasteiger charge is -2.34. The van der Waals surface area contributed by atoms with Crippen molar-refractivity contribution < 1.29 is 14.4 Å². The molecule has 0 radical (unpaired) electrons. The predicted octanol–water partition coefficient (Wildman–Crippen LogP) is 4.09. The van der Waals surface area contributed by atoms with E-state index in [0.717, 1.165) is 10.8 Å². The monoisotopic (exact) mass is 488 g/mol. The maximum Gasteiger partial charge on any atom is 0.332 e. The number of nitrogens with one attached hydrogen (secondary N) is 1. The zero-order valence-corrected chi connectivity index (χ0v) is 19.5. The molecular formula is C28H20N6O3. The van der Waals surface area contributed by atoms with E-state index < -0.39 is 18.1 Å². The van der Waals surface area contributed by atoms with Crippen LogP contribution in [0, 0.1) is 11.3 Å². The second-order valence-corrected chi connectivity index (χ2v) is 9.52. The molecule has 2 unspecified atom stereocenters. The Balaban J connectivity index is 1.20. The van der Waals surface area contributed by atoms with Gasteiger partial charge in [-0.15, -0.1) is 0 Å². The molecule has 2 bridgehead atoms. The fraction of sp³-hybridized carbons (Fsp3) is 0.179. The summed E-state index contributed by atoms with van der Waals surface area (Å²) >= 11 is 0. The van der Waals surface area contributed by atoms with E-state index in [9.17, 15) is 19.6 Å². The Kier molecular flexibility index (Phi) is 4.48. The number of piperazine rings is 1. The minimum atomic E-state index is -0.744. The van der Waals surface area contributed by atoms with E-state index >= 15 is 0 Å². The zero-order valence-electron chi connectivity index (χ0n) is 19.5. The Hall–Kier alpha value is -4.97. The third-order valence-electron chi connectivity index (χ3n) is 7.66. The third-order valence-corrected chi connectivity index (χ3v) is 7.66. The van der Waals surface area contributed by atoms with Crippen molar-refractivity contribution in [3.63, 3.8) is 0 Å². The fourth-order valence-electron chi connectivity index (χ4n) is 6.08. The highest BCUT2D eigenvalue weighted by atomic mass is 16.2. The van der Waals surface area contributed by atoms with Crippen LogP contribution in [0.1, 0.15) is 12.0 Å². The molecule has 0 spiro atoms. The number of amides is 5. The van der Waals surface area contributed by atoms with E-state index in [1.807, 2.05) is 42.5 Å². The van der Waals surface area contributed by atoms with E-state index in [1.165, 1.54) is 4.90 Å². The molecular weight excluding hydrogens is 468 g/mol. The molecule has 3 aliphatic heterocycles. The first-order chi connectivity index (χ1) is 18.1. The molecule has 1 N–H and O–H groups in total. The maximum atomic E-state index is 13.7. The highest BCUT2D eigenvalue weighted by molar-refractivity contribution is 6.25. The minimum absolute atomic E-state index is 0.238. The molecule has 7 rings (SSSR count). The largest absolute Gasteiger partial charge is 0.332 e. The average Bonchev–Trinajstić information content (AvgIpc) is 3.60. The number of fused-ring (bicyclic) bond motifs is 7. The van der Waals surface area contributed by atoms with Gasteiger partial charge in [0.05, 0.1) is 34.5 Å². The van der Waals surface area contributed by atoms with Gasteiger partial charge in [0.2, 0.25) is 0 Å². The number of carbonyl (C=O) groups excluding carboxylic acids is 3. The van der Waals surface area contributed by atoms with Gasteiger partial charge in [-0.3, -0.25) is 9.78 Å². The van der Waals surface area contributed by atoms with Crippen molar-refractivity contribution in [3.8, 4) is 6.07 Å². The Morgan fingerprint density at radius 1 is 1.00 bits per heavy atom. The van der Waals surface area contributed by atoms with Crippen molar-refractivity contribution in [2.75, 3.05) is 16.8 Å². The highest BCUT2D eigenvalue weighted by Crippen LogP contribution is 2.43. The molecule has 0 saturated carbocycles. The van der Waals surface area contributed by atoms with Crippen LogP contribution in [0.4, 0.5) is 21.0 Å². The number of urea groups is 2. The van der Waals surface area contributed by atoms with E-state index in [1.54, 1.807) is 40.3 Å². The molecule has 3 fully saturated rings. The molecule has 1 aromatic heterocycles. The number of nitriles is 1. The second kappa shape index (κ2) is 7.77. The topological polar surface area (TPSA) is 110 Å². The van der Waals surface area contributed by atoms with Gasteiger partial charge in [-0.1, -0.05) is 36.4 Å². The Morgan fingerprint density at radius 3 is 2.68 bits per heavy atom. The van der Waals surface area contributed by atoms with Crippen LogP contribution >= 0.6 is 0 Å². The Morgan fingerprint density at radius 2 is 1.81 bits per heavy atom. The van der Waals surface area contributed by atoms with Gasteiger partial charge < -0.3 is 15.1 Å². The van der Waals surface area contributed by atoms with E-state index in [4.69, 9.17) is 0 Å². The van der Waals surface area contributed by atoms with Gasteiger partial charge in [-0.2, -0.15) is 5.26 Å². The van der Waals surface area contributed by atoms with Crippen molar-refractivity contribution in [2.45, 2.75) is 24.5 Å². The molecule has 4 aromatic rings. The standard InChI is InChI=1S/C28H20N6O3/c29-14-17-10-11-22(20-8-4-12-30-24(17)20)34-26(35)25-23-13-18(33(25)28(34)37)15-32(23)27(36)31-21-9-3-6-16-5-1-2-7-19(16)21/h1-12,18,23,25H,13,15H2,(H,31,36)/t18?,23?,25-/m1/s1. The van der Waals surface area contributed by atoms with Crippen LogP contribution in [0.5, 0.6) is 0 Å². The lowest BCUT2D eigenvalue weighted by Crippen LogP contribution is -2.55. The normalized spacial score (nSPS) is 22.1. The summed E-state index contributed by atoms with van der Waals surface area (Å²) in [6.45, 7) is 0.361. The zero-order chi connectivity index (χ0) is 25.3. The number of anilines is 2. The molecule has 3 atom stereocenters. The molecule has 3 aromatic carbocycles. The number of nitrogens with zero attached hydrogens (tertiary/aromatic N) is 5. The lowest BCUT2D eigenvalue weighted by molar-refractivity contribution is -0.120. The molecule has 4 heterocycles. The highest BCUT2D eigenvalue weighted by Gasteiger charge is 2.63. The fourth-order valence-corrected chi connectivity index (χ4v) is 6.08. The first kappa shape index (κ1) is 21.3. The van der Waals surface area contributed by atoms with Crippen LogP contribution in [-0.4, -0.2) is 57.4 Å². The SMILES string of the molecule is N#Cc1ccc(N2C(=O)[C@H]3C4CC(CN4C(=O)Nc4cccc5ccccc45)N3C2=O)c2cccnc12. The third kappa shape index (κ3) is 2.96. The van der Waals surface area contributed by atoms with E-state index in [0.29, 0.717) is 40.8 Å². The van der Waals surface area contributed by atoms with Crippen molar-refractivity contribution in [1.82, 2.24) is 14.8 Å². The van der Waals surface area contributed by atoms with Crippen LogP contribution < -0.4 is 10.2 Å². The van der Waals surface area contributed by atoms with Gasteiger partial charge in [0.15, 0.2) is 0 Å². The number of rotatable bonds is 2. The minimum Gasteiger partial charge on any atom is -0.317 e. The molecule has 0 aliphatic carbocycles. The first-order valence-electron chi connectivity index (χ1n) is 12.1. The lowest BCUT2D eigenvalue weighted by atomic mass is 10.1. The van der Waals surface area contributed by atoms with E-state index in [-0.39, 0.29) is 18.0 Å². The smallest absolute Gasteiger partial charge is 0.317 e. The molecule has 180 valence electrons. The van der Waals surface area contributed by atoms with E-state index in [2.05, 4.69) is 16.4 Å². The van der Waals surface area contributed by atoms with Gasteiger partial charge in [0.1, 0.15) is 12.1 Å². The summed E-state index contributed by atoms with van der Waals surface area (Å²) in [6.07, 6.45) is 2.14. The van der Waals surface area contributed by atoms with Gasteiger partial charge >= 0.3 is 12.1 Å². The number of carbonyl (C=O) groups is 3. The quantitative estimate of drug-likeness (QED) is 0.428. The second-order valence-electron chi connectivity index (χ2n) is 9.52. The van der Waals surface area contributed by atoms with Crippen LogP contribution in [0.2, 0.25) is 0 Å². The number of pyridine rings is 1. The summed E-state index contributed by atoms with van der Waals surface area (Å²) < 4.78 is 0. The Bertz CT molecular complexity index is 1690. The molecule has 9 heteroatoms. The molecule has 37 heavy (non-hydrogen) atoms. The van der Waals surface area contributed by atoms with Crippen molar-refractivity contribution in [3.05, 3.63) is 78.5 Å². The predicted molar refractivity (Wildman–Crippen MR) is 137 cm³/mol. The molecule has 5 amide bonds. The van der Waals surface area contributed by atoms with Crippen molar-refractivity contribution >= 4 is 51.0 Å². The number of aromatic nitrogens is 1. The van der Waals surface area contributed by atoms with Crippen LogP contribution in [0.15, 0.2) is 72.9 Å². The van der Waals surface area contributed by atoms with Crippen molar-refractivity contribution in [2.24, 2.45) is 0 Å². The Labute approximate surface area is 211 Å². The van der Waals surface area contributed by atoms with Gasteiger partial charge in [-0.05, 0) is 42.1 Å². The number of hydrogen-bond acceptors (Lipinski definition) is 5. The molecule has 3 aliphatic rings. The first-order valence-corrected chi connectivity index (χ1v) is 12.1. The van der Waals surface area contributed by atoms with Crippen LogP contribution in [-0.2, 0) is 4.79 Å². The average molecular weight is 489 g/mol. The van der Waals surface area contributed by atoms with Gasteiger partial charge in [-0.25, -0.2) is 14.5 Å². The summed E-state index contributed by atoms with van der Waals surface area (Å²) in [5.74, 6) is -0.366. The van der Waals surface area contributed by atoms with Gasteiger partial charge in [0.25, 0.3) is 5.91 Å². The van der Waals surface area contributed by atoms with Gasteiger partial charge in [0, 0.05) is 23.5 Å². The van der Waals surface area contributed by atoms with Crippen LogP contribution in [0.3, 0.4) is 0 Å². The molecule has 3 saturated heterocycles. The number of hydrogen-bond donors (Lipinski definition) is 1. The summed E-state index contributed by atoms with van der Waals surface area (Å²) in [6, 6.07) is 20.2. The molecule has 9 nitrogen and oxygen atoms in total. The number of likely N-dealkylation sites (tertiary alicyclic amines) is 1. The summed E-state index contributed by atoms with van der Waals surface area (Å²) in [5.41, 5.74) is 1.91. The van der Waals surface area contributed by atoms with Crippen LogP contribution in [0.25, 0.3) is 21.7 Å².